The Morgan fingerprint density at radius 1 is 1.10 bits per heavy atom. The maximum atomic E-state index is 5.52. The largest absolute Gasteiger partial charge is 0.381 e. The number of nitrogens with one attached hydrogen (secondary N) is 3. The van der Waals surface area contributed by atoms with Gasteiger partial charge in [0.2, 0.25) is 0 Å². The Kier molecular flexibility index (Phi) is 8.51. The monoisotopic (exact) mass is 412 g/mol. The lowest BCUT2D eigenvalue weighted by Gasteiger charge is -2.33. The Balaban J connectivity index is 1.79. The van der Waals surface area contributed by atoms with Gasteiger partial charge < -0.3 is 20.3 Å². The summed E-state index contributed by atoms with van der Waals surface area (Å²) in [6, 6.07) is 9.09. The Labute approximate surface area is 182 Å². The Hall–Kier alpha value is -1.66. The van der Waals surface area contributed by atoms with Crippen LogP contribution >= 0.6 is 0 Å². The van der Waals surface area contributed by atoms with E-state index in [2.05, 4.69) is 85.2 Å². The van der Waals surface area contributed by atoms with Gasteiger partial charge in [-0.05, 0) is 69.1 Å². The standard InChI is InChI=1S/C25H40N4O/c1-18-16-21(10-13-29(18)5)19(2)24(26-3)22-8-6-7-9-23(22)25(27-4)28-17-20-11-14-30-15-12-20/h6-10,16,19-20,24-28H,11-15,17H2,1-5H3. The fourth-order valence-electron chi connectivity index (χ4n) is 4.64. The molecule has 2 aliphatic rings. The summed E-state index contributed by atoms with van der Waals surface area (Å²) in [6.45, 7) is 8.31. The summed E-state index contributed by atoms with van der Waals surface area (Å²) in [4.78, 5) is 2.29. The van der Waals surface area contributed by atoms with Gasteiger partial charge >= 0.3 is 0 Å². The fraction of sp³-hybridized carbons (Fsp3) is 0.600. The van der Waals surface area contributed by atoms with Gasteiger partial charge in [-0.3, -0.25) is 5.32 Å². The highest BCUT2D eigenvalue weighted by Gasteiger charge is 2.26. The van der Waals surface area contributed by atoms with Crippen LogP contribution in [0.3, 0.4) is 0 Å². The summed E-state index contributed by atoms with van der Waals surface area (Å²) < 4.78 is 5.52. The second-order valence-corrected chi connectivity index (χ2v) is 8.74. The molecule has 3 N–H and O–H groups in total. The molecule has 2 heterocycles. The van der Waals surface area contributed by atoms with Gasteiger partial charge in [-0.1, -0.05) is 37.3 Å². The number of rotatable bonds is 9. The Bertz CT molecular complexity index is 738. The van der Waals surface area contributed by atoms with Crippen molar-refractivity contribution in [3.8, 4) is 0 Å². The lowest BCUT2D eigenvalue weighted by molar-refractivity contribution is 0.0651. The van der Waals surface area contributed by atoms with Crippen LogP contribution in [0.4, 0.5) is 0 Å². The number of likely N-dealkylation sites (N-methyl/N-ethyl adjacent to an activating group) is 1. The summed E-state index contributed by atoms with van der Waals surface area (Å²) >= 11 is 0. The van der Waals surface area contributed by atoms with Crippen molar-refractivity contribution in [1.82, 2.24) is 20.9 Å². The van der Waals surface area contributed by atoms with Crippen LogP contribution in [-0.4, -0.2) is 52.3 Å². The van der Waals surface area contributed by atoms with Gasteiger partial charge in [0.25, 0.3) is 0 Å². The molecule has 1 aromatic rings. The molecule has 3 rings (SSSR count). The Morgan fingerprint density at radius 3 is 2.43 bits per heavy atom. The fourth-order valence-corrected chi connectivity index (χ4v) is 4.64. The maximum absolute atomic E-state index is 5.52. The molecule has 0 radical (unpaired) electrons. The van der Waals surface area contributed by atoms with E-state index in [1.54, 1.807) is 0 Å². The average Bonchev–Trinajstić information content (AvgIpc) is 2.78. The van der Waals surface area contributed by atoms with Crippen LogP contribution in [0, 0.1) is 11.8 Å². The van der Waals surface area contributed by atoms with Gasteiger partial charge in [0.1, 0.15) is 0 Å². The third-order valence-corrected chi connectivity index (χ3v) is 6.80. The predicted octanol–water partition coefficient (Wildman–Crippen LogP) is 3.59. The molecule has 3 atom stereocenters. The van der Waals surface area contributed by atoms with Crippen LogP contribution in [0.25, 0.3) is 0 Å². The van der Waals surface area contributed by atoms with Crippen LogP contribution in [0.15, 0.2) is 47.7 Å². The summed E-state index contributed by atoms with van der Waals surface area (Å²) in [6.07, 6.45) is 7.13. The molecule has 1 saturated heterocycles. The smallest absolute Gasteiger partial charge is 0.0836 e. The summed E-state index contributed by atoms with van der Waals surface area (Å²) in [5, 5.41) is 10.9. The number of nitrogens with zero attached hydrogens (tertiary/aromatic N) is 1. The van der Waals surface area contributed by atoms with E-state index in [4.69, 9.17) is 4.74 Å². The van der Waals surface area contributed by atoms with E-state index < -0.39 is 0 Å². The van der Waals surface area contributed by atoms with Gasteiger partial charge in [0.15, 0.2) is 0 Å². The third kappa shape index (κ3) is 5.52. The molecule has 2 aliphatic heterocycles. The molecule has 0 bridgehead atoms. The molecule has 1 fully saturated rings. The summed E-state index contributed by atoms with van der Waals surface area (Å²) in [5.41, 5.74) is 5.43. The predicted molar refractivity (Wildman–Crippen MR) is 125 cm³/mol. The highest BCUT2D eigenvalue weighted by Crippen LogP contribution is 2.34. The first-order valence-electron chi connectivity index (χ1n) is 11.4. The zero-order valence-electron chi connectivity index (χ0n) is 19.4. The zero-order chi connectivity index (χ0) is 21.5. The number of hydrogen-bond donors (Lipinski definition) is 3. The van der Waals surface area contributed by atoms with Crippen molar-refractivity contribution in [2.75, 3.05) is 47.4 Å². The lowest BCUT2D eigenvalue weighted by Crippen LogP contribution is -2.38. The third-order valence-electron chi connectivity index (χ3n) is 6.80. The molecular weight excluding hydrogens is 372 g/mol. The second-order valence-electron chi connectivity index (χ2n) is 8.74. The molecule has 1 aromatic carbocycles. The average molecular weight is 413 g/mol. The van der Waals surface area contributed by atoms with Crippen molar-refractivity contribution in [2.24, 2.45) is 11.8 Å². The van der Waals surface area contributed by atoms with E-state index in [0.29, 0.717) is 11.8 Å². The van der Waals surface area contributed by atoms with Gasteiger partial charge in [-0.15, -0.1) is 0 Å². The minimum atomic E-state index is 0.135. The first kappa shape index (κ1) is 23.0. The molecule has 5 nitrogen and oxygen atoms in total. The number of allylic oxidation sites excluding steroid dienone is 2. The molecule has 0 saturated carbocycles. The van der Waals surface area contributed by atoms with E-state index >= 15 is 0 Å². The van der Waals surface area contributed by atoms with Crippen molar-refractivity contribution in [3.63, 3.8) is 0 Å². The maximum Gasteiger partial charge on any atom is 0.0836 e. The van der Waals surface area contributed by atoms with Crippen LogP contribution in [0.2, 0.25) is 0 Å². The van der Waals surface area contributed by atoms with E-state index in [1.165, 1.54) is 22.4 Å². The highest BCUT2D eigenvalue weighted by atomic mass is 16.5. The number of benzene rings is 1. The summed E-state index contributed by atoms with van der Waals surface area (Å²) in [5.74, 6) is 1.08. The van der Waals surface area contributed by atoms with Gasteiger partial charge in [0.05, 0.1) is 6.17 Å². The van der Waals surface area contributed by atoms with Crippen LogP contribution in [0.1, 0.15) is 50.0 Å². The van der Waals surface area contributed by atoms with E-state index in [-0.39, 0.29) is 12.2 Å². The van der Waals surface area contributed by atoms with Crippen molar-refractivity contribution < 1.29 is 4.74 Å². The van der Waals surface area contributed by atoms with Crippen LogP contribution < -0.4 is 16.0 Å². The molecule has 0 aliphatic carbocycles. The van der Waals surface area contributed by atoms with Gasteiger partial charge in [0, 0.05) is 44.5 Å². The molecular formula is C25H40N4O. The first-order valence-corrected chi connectivity index (χ1v) is 11.4. The first-order chi connectivity index (χ1) is 14.5. The van der Waals surface area contributed by atoms with Crippen molar-refractivity contribution in [3.05, 3.63) is 58.8 Å². The van der Waals surface area contributed by atoms with E-state index in [9.17, 15) is 0 Å². The SMILES string of the molecule is CNC(NCC1CCOCC1)c1ccccc1C(NC)C(C)C1=CCN(C)C(C)=C1. The van der Waals surface area contributed by atoms with Crippen LogP contribution in [0.5, 0.6) is 0 Å². The van der Waals surface area contributed by atoms with Crippen molar-refractivity contribution >= 4 is 0 Å². The van der Waals surface area contributed by atoms with E-state index in [0.717, 1.165) is 39.1 Å². The number of ether oxygens (including phenoxy) is 1. The normalized spacial score (nSPS) is 21.0. The van der Waals surface area contributed by atoms with Crippen molar-refractivity contribution in [2.45, 2.75) is 38.9 Å². The summed E-state index contributed by atoms with van der Waals surface area (Å²) in [7, 11) is 6.27. The number of hydrogen-bond acceptors (Lipinski definition) is 5. The quantitative estimate of drug-likeness (QED) is 0.541. The molecule has 166 valence electrons. The second kappa shape index (κ2) is 11.1. The van der Waals surface area contributed by atoms with Gasteiger partial charge in [-0.25, -0.2) is 0 Å². The lowest BCUT2D eigenvalue weighted by atomic mass is 9.84. The minimum Gasteiger partial charge on any atom is -0.381 e. The molecule has 3 unspecified atom stereocenters. The Morgan fingerprint density at radius 2 is 1.80 bits per heavy atom. The molecule has 30 heavy (non-hydrogen) atoms. The topological polar surface area (TPSA) is 48.6 Å². The molecule has 0 amide bonds. The molecule has 0 spiro atoms. The van der Waals surface area contributed by atoms with Crippen LogP contribution in [-0.2, 0) is 4.74 Å². The van der Waals surface area contributed by atoms with Gasteiger partial charge in [-0.2, -0.15) is 0 Å². The molecule has 5 heteroatoms. The minimum absolute atomic E-state index is 0.135. The molecule has 0 aromatic heterocycles. The van der Waals surface area contributed by atoms with E-state index in [1.807, 2.05) is 7.05 Å². The highest BCUT2D eigenvalue weighted by molar-refractivity contribution is 5.37. The zero-order valence-corrected chi connectivity index (χ0v) is 19.4. The van der Waals surface area contributed by atoms with Crippen molar-refractivity contribution in [1.29, 1.82) is 0 Å².